The molecule has 2 aromatic heterocycles. The largest absolute Gasteiger partial charge is 0.371 e. The van der Waals surface area contributed by atoms with Gasteiger partial charge >= 0.3 is 5.97 Å². The van der Waals surface area contributed by atoms with E-state index in [9.17, 15) is 4.79 Å². The fourth-order valence-electron chi connectivity index (χ4n) is 2.14. The zero-order valence-electron chi connectivity index (χ0n) is 12.6. The summed E-state index contributed by atoms with van der Waals surface area (Å²) in [5.41, 5.74) is 0.888. The van der Waals surface area contributed by atoms with Crippen LogP contribution < -0.4 is 0 Å². The van der Waals surface area contributed by atoms with Gasteiger partial charge in [-0.3, -0.25) is 4.68 Å². The molecule has 0 aliphatic heterocycles. The molecule has 0 saturated heterocycles. The van der Waals surface area contributed by atoms with Crippen molar-refractivity contribution in [1.29, 1.82) is 0 Å². The van der Waals surface area contributed by atoms with Crippen LogP contribution >= 0.6 is 23.2 Å². The van der Waals surface area contributed by atoms with Gasteiger partial charge in [0.2, 0.25) is 0 Å². The molecular weight excluding hydrogens is 351 g/mol. The van der Waals surface area contributed by atoms with Gasteiger partial charge < -0.3 is 9.40 Å². The molecule has 0 unspecified atom stereocenters. The topological polar surface area (TPSA) is 61.4 Å². The second kappa shape index (κ2) is 6.90. The average molecular weight is 363 g/mol. The zero-order valence-corrected chi connectivity index (χ0v) is 14.1. The number of aryl methyl sites for hydroxylation is 1. The first-order valence-corrected chi connectivity index (χ1v) is 7.67. The van der Waals surface area contributed by atoms with Crippen LogP contribution in [0, 0.1) is 0 Å². The molecule has 122 valence electrons. The van der Waals surface area contributed by atoms with Crippen molar-refractivity contribution < 1.29 is 9.63 Å². The Morgan fingerprint density at radius 3 is 2.75 bits per heavy atom. The van der Waals surface area contributed by atoms with Gasteiger partial charge in [0, 0.05) is 30.0 Å². The van der Waals surface area contributed by atoms with Crippen LogP contribution in [0.2, 0.25) is 10.0 Å². The monoisotopic (exact) mass is 362 g/mol. The number of carbonyl (C=O) groups is 1. The van der Waals surface area contributed by atoms with Crippen molar-refractivity contribution >= 4 is 35.4 Å². The molecule has 0 saturated carbocycles. The Hall–Kier alpha value is -2.57. The lowest BCUT2D eigenvalue weighted by Crippen LogP contribution is -2.08. The van der Waals surface area contributed by atoms with E-state index in [0.29, 0.717) is 27.0 Å². The highest BCUT2D eigenvalue weighted by molar-refractivity contribution is 6.36. The van der Waals surface area contributed by atoms with Crippen LogP contribution in [0.15, 0.2) is 54.1 Å². The summed E-state index contributed by atoms with van der Waals surface area (Å²) in [5.74, 6) is -0.0298. The molecule has 0 radical (unpaired) electrons. The number of oxime groups is 1. The lowest BCUT2D eigenvalue weighted by Gasteiger charge is -2.05. The average Bonchev–Trinajstić information content (AvgIpc) is 3.18. The molecule has 3 aromatic rings. The summed E-state index contributed by atoms with van der Waals surface area (Å²) in [6.07, 6.45) is 6.40. The van der Waals surface area contributed by atoms with Gasteiger partial charge in [0.1, 0.15) is 11.4 Å². The number of benzene rings is 1. The molecule has 3 rings (SSSR count). The minimum atomic E-state index is -0.617. The maximum Gasteiger partial charge on any atom is 0.371 e. The standard InChI is InChI=1S/C16H12Cl2N4O2/c1-21-15(22-6-2-3-7-22)13(10-19-21)16(23)24-20-9-11-4-5-12(17)8-14(11)18/h2-10H,1H3. The number of aromatic nitrogens is 3. The van der Waals surface area contributed by atoms with Crippen LogP contribution in [0.25, 0.3) is 5.82 Å². The Labute approximate surface area is 147 Å². The molecule has 24 heavy (non-hydrogen) atoms. The summed E-state index contributed by atoms with van der Waals surface area (Å²) >= 11 is 11.8. The van der Waals surface area contributed by atoms with Crippen LogP contribution in [0.4, 0.5) is 0 Å². The quantitative estimate of drug-likeness (QED) is 0.403. The summed E-state index contributed by atoms with van der Waals surface area (Å²) in [6.45, 7) is 0. The smallest absolute Gasteiger partial charge is 0.313 e. The first kappa shape index (κ1) is 16.3. The molecule has 0 aliphatic rings. The van der Waals surface area contributed by atoms with Gasteiger partial charge in [0.15, 0.2) is 0 Å². The molecule has 0 atom stereocenters. The molecule has 2 heterocycles. The SMILES string of the molecule is Cn1ncc(C(=O)ON=Cc2ccc(Cl)cc2Cl)c1-n1cccc1. The van der Waals surface area contributed by atoms with Gasteiger partial charge in [-0.15, -0.1) is 0 Å². The highest BCUT2D eigenvalue weighted by Gasteiger charge is 2.18. The van der Waals surface area contributed by atoms with Gasteiger partial charge in [-0.25, -0.2) is 4.79 Å². The number of nitrogens with zero attached hydrogens (tertiary/aromatic N) is 4. The third-order valence-electron chi connectivity index (χ3n) is 3.27. The zero-order chi connectivity index (χ0) is 17.1. The predicted molar refractivity (Wildman–Crippen MR) is 92.0 cm³/mol. The highest BCUT2D eigenvalue weighted by atomic mass is 35.5. The Morgan fingerprint density at radius 1 is 1.29 bits per heavy atom. The summed E-state index contributed by atoms with van der Waals surface area (Å²) in [5, 5.41) is 8.71. The molecule has 0 amide bonds. The Bertz CT molecular complexity index is 901. The van der Waals surface area contributed by atoms with E-state index in [-0.39, 0.29) is 0 Å². The summed E-state index contributed by atoms with van der Waals surface area (Å²) in [4.78, 5) is 17.2. The van der Waals surface area contributed by atoms with Crippen molar-refractivity contribution in [2.75, 3.05) is 0 Å². The summed E-state index contributed by atoms with van der Waals surface area (Å²) < 4.78 is 3.35. The summed E-state index contributed by atoms with van der Waals surface area (Å²) in [7, 11) is 1.74. The molecule has 0 spiro atoms. The van der Waals surface area contributed by atoms with Crippen molar-refractivity contribution in [3.05, 3.63) is 70.1 Å². The van der Waals surface area contributed by atoms with E-state index in [1.54, 1.807) is 34.5 Å². The van der Waals surface area contributed by atoms with Gasteiger partial charge in [0.25, 0.3) is 0 Å². The van der Waals surface area contributed by atoms with Crippen LogP contribution in [0.5, 0.6) is 0 Å². The fraction of sp³-hybridized carbons (Fsp3) is 0.0625. The number of hydrogen-bond donors (Lipinski definition) is 0. The molecule has 0 aliphatic carbocycles. The highest BCUT2D eigenvalue weighted by Crippen LogP contribution is 2.20. The molecule has 6 nitrogen and oxygen atoms in total. The number of rotatable bonds is 4. The number of halogens is 2. The maximum absolute atomic E-state index is 12.2. The first-order chi connectivity index (χ1) is 11.6. The van der Waals surface area contributed by atoms with E-state index in [1.807, 2.05) is 24.5 Å². The second-order valence-corrected chi connectivity index (χ2v) is 5.72. The van der Waals surface area contributed by atoms with E-state index < -0.39 is 5.97 Å². The third-order valence-corrected chi connectivity index (χ3v) is 3.83. The maximum atomic E-state index is 12.2. The van der Waals surface area contributed by atoms with Crippen molar-refractivity contribution in [3.63, 3.8) is 0 Å². The normalized spacial score (nSPS) is 11.1. The Balaban J connectivity index is 1.78. The third kappa shape index (κ3) is 3.34. The molecule has 8 heteroatoms. The minimum absolute atomic E-state index is 0.299. The van der Waals surface area contributed by atoms with Crippen molar-refractivity contribution in [2.45, 2.75) is 0 Å². The van der Waals surface area contributed by atoms with E-state index in [2.05, 4.69) is 10.3 Å². The van der Waals surface area contributed by atoms with Gasteiger partial charge in [-0.1, -0.05) is 34.4 Å². The van der Waals surface area contributed by atoms with Crippen molar-refractivity contribution in [2.24, 2.45) is 12.2 Å². The molecular formula is C16H12Cl2N4O2. The van der Waals surface area contributed by atoms with E-state index in [4.69, 9.17) is 28.0 Å². The molecule has 0 bridgehead atoms. The van der Waals surface area contributed by atoms with Crippen molar-refractivity contribution in [3.8, 4) is 5.82 Å². The van der Waals surface area contributed by atoms with Crippen LogP contribution in [-0.2, 0) is 11.9 Å². The Kier molecular flexibility index (Phi) is 4.69. The van der Waals surface area contributed by atoms with E-state index in [1.165, 1.54) is 12.4 Å². The lowest BCUT2D eigenvalue weighted by atomic mass is 10.2. The first-order valence-electron chi connectivity index (χ1n) is 6.91. The van der Waals surface area contributed by atoms with Crippen molar-refractivity contribution in [1.82, 2.24) is 14.3 Å². The van der Waals surface area contributed by atoms with Crippen LogP contribution in [0.1, 0.15) is 15.9 Å². The van der Waals surface area contributed by atoms with Gasteiger partial charge in [-0.2, -0.15) is 5.10 Å². The van der Waals surface area contributed by atoms with E-state index >= 15 is 0 Å². The lowest BCUT2D eigenvalue weighted by molar-refractivity contribution is 0.0519. The molecule has 1 aromatic carbocycles. The van der Waals surface area contributed by atoms with Gasteiger partial charge in [-0.05, 0) is 24.3 Å². The number of carbonyl (C=O) groups excluding carboxylic acids is 1. The fourth-order valence-corrected chi connectivity index (χ4v) is 2.60. The Morgan fingerprint density at radius 2 is 2.04 bits per heavy atom. The van der Waals surface area contributed by atoms with E-state index in [0.717, 1.165) is 0 Å². The number of hydrogen-bond acceptors (Lipinski definition) is 4. The second-order valence-electron chi connectivity index (χ2n) is 4.87. The van der Waals surface area contributed by atoms with Crippen LogP contribution in [0.3, 0.4) is 0 Å². The molecule has 0 N–H and O–H groups in total. The minimum Gasteiger partial charge on any atom is -0.313 e. The molecule has 0 fully saturated rings. The van der Waals surface area contributed by atoms with Gasteiger partial charge in [0.05, 0.1) is 17.4 Å². The summed E-state index contributed by atoms with van der Waals surface area (Å²) in [6, 6.07) is 8.63. The predicted octanol–water partition coefficient (Wildman–Crippen LogP) is 3.71. The van der Waals surface area contributed by atoms with Crippen LogP contribution in [-0.4, -0.2) is 26.5 Å².